The number of carbonyl (C=O) groups excluding carboxylic acids is 2. The van der Waals surface area contributed by atoms with Gasteiger partial charge in [-0.3, -0.25) is 9.59 Å². The number of ether oxygens (including phenoxy) is 1. The highest BCUT2D eigenvalue weighted by Crippen LogP contribution is 2.35. The van der Waals surface area contributed by atoms with Gasteiger partial charge in [-0.05, 0) is 40.8 Å². The molecule has 0 bridgehead atoms. The molecular formula is C27H26N2O3. The predicted octanol–water partition coefficient (Wildman–Crippen LogP) is 5.39. The largest absolute Gasteiger partial charge is 0.481 e. The number of hydrogen-bond donors (Lipinski definition) is 1. The van der Waals surface area contributed by atoms with Crippen LogP contribution in [0.2, 0.25) is 0 Å². The van der Waals surface area contributed by atoms with Crippen LogP contribution in [0, 0.1) is 0 Å². The molecule has 0 radical (unpaired) electrons. The number of hydrogen-bond acceptors (Lipinski definition) is 3. The van der Waals surface area contributed by atoms with E-state index in [0.29, 0.717) is 29.6 Å². The van der Waals surface area contributed by atoms with E-state index in [-0.39, 0.29) is 18.4 Å². The van der Waals surface area contributed by atoms with Crippen molar-refractivity contribution in [1.29, 1.82) is 0 Å². The number of fused-ring (bicyclic) bond motifs is 1. The molecule has 4 rings (SSSR count). The van der Waals surface area contributed by atoms with E-state index in [4.69, 9.17) is 4.74 Å². The molecule has 32 heavy (non-hydrogen) atoms. The van der Waals surface area contributed by atoms with Gasteiger partial charge >= 0.3 is 0 Å². The van der Waals surface area contributed by atoms with Crippen LogP contribution in [-0.4, -0.2) is 18.4 Å². The van der Waals surface area contributed by atoms with Crippen LogP contribution in [0.3, 0.4) is 0 Å². The zero-order valence-corrected chi connectivity index (χ0v) is 18.2. The van der Waals surface area contributed by atoms with Gasteiger partial charge in [0, 0.05) is 17.8 Å². The molecule has 0 atom stereocenters. The Morgan fingerprint density at radius 1 is 1.06 bits per heavy atom. The first-order valence-electron chi connectivity index (χ1n) is 10.7. The number of anilines is 2. The molecule has 1 N–H and O–H groups in total. The fourth-order valence-electron chi connectivity index (χ4n) is 3.57. The molecule has 3 aromatic rings. The number of amides is 2. The molecule has 2 amide bonds. The second-order valence-corrected chi connectivity index (χ2v) is 8.08. The molecule has 1 aliphatic heterocycles. The number of rotatable bonds is 6. The van der Waals surface area contributed by atoms with Crippen LogP contribution in [0.15, 0.2) is 78.9 Å². The van der Waals surface area contributed by atoms with Crippen molar-refractivity contribution in [1.82, 2.24) is 0 Å². The Hall–Kier alpha value is -3.86. The normalized spacial score (nSPS) is 13.2. The van der Waals surface area contributed by atoms with Crippen LogP contribution in [-0.2, 0) is 16.1 Å². The van der Waals surface area contributed by atoms with Crippen molar-refractivity contribution in [2.24, 2.45) is 0 Å². The third-order valence-corrected chi connectivity index (χ3v) is 5.38. The first-order chi connectivity index (χ1) is 15.5. The summed E-state index contributed by atoms with van der Waals surface area (Å²) >= 11 is 0. The fraction of sp³-hybridized carbons (Fsp3) is 0.185. The minimum absolute atomic E-state index is 0.0243. The van der Waals surface area contributed by atoms with E-state index in [1.165, 1.54) is 11.6 Å². The second kappa shape index (κ2) is 9.52. The summed E-state index contributed by atoms with van der Waals surface area (Å²) in [5, 5.41) is 2.86. The summed E-state index contributed by atoms with van der Waals surface area (Å²) < 4.78 is 5.63. The Balaban J connectivity index is 1.44. The van der Waals surface area contributed by atoms with Crippen LogP contribution in [0.5, 0.6) is 5.75 Å². The highest BCUT2D eigenvalue weighted by Gasteiger charge is 2.26. The van der Waals surface area contributed by atoms with E-state index in [1.807, 2.05) is 42.5 Å². The first-order valence-corrected chi connectivity index (χ1v) is 10.7. The molecule has 0 unspecified atom stereocenters. The average Bonchev–Trinajstić information content (AvgIpc) is 2.80. The molecule has 0 saturated carbocycles. The van der Waals surface area contributed by atoms with E-state index in [1.54, 1.807) is 29.2 Å². The molecule has 0 aromatic heterocycles. The highest BCUT2D eigenvalue weighted by atomic mass is 16.5. The summed E-state index contributed by atoms with van der Waals surface area (Å²) in [7, 11) is 0. The summed E-state index contributed by atoms with van der Waals surface area (Å²) in [5.74, 6) is 0.725. The Morgan fingerprint density at radius 3 is 2.53 bits per heavy atom. The predicted molar refractivity (Wildman–Crippen MR) is 128 cm³/mol. The number of benzene rings is 3. The summed E-state index contributed by atoms with van der Waals surface area (Å²) in [5.41, 5.74) is 4.58. The lowest BCUT2D eigenvalue weighted by molar-refractivity contribution is -0.121. The zero-order valence-electron chi connectivity index (χ0n) is 18.2. The first kappa shape index (κ1) is 21.4. The third-order valence-electron chi connectivity index (χ3n) is 5.38. The topological polar surface area (TPSA) is 58.6 Å². The molecule has 5 nitrogen and oxygen atoms in total. The molecule has 1 aliphatic rings. The Labute approximate surface area is 188 Å². The molecule has 0 spiro atoms. The van der Waals surface area contributed by atoms with Gasteiger partial charge in [0.2, 0.25) is 5.91 Å². The van der Waals surface area contributed by atoms with E-state index in [9.17, 15) is 9.59 Å². The maximum absolute atomic E-state index is 12.4. The van der Waals surface area contributed by atoms with E-state index in [2.05, 4.69) is 31.3 Å². The van der Waals surface area contributed by atoms with Gasteiger partial charge in [0.1, 0.15) is 5.75 Å². The molecule has 3 aromatic carbocycles. The summed E-state index contributed by atoms with van der Waals surface area (Å²) in [6.45, 7) is 4.75. The number of carbonyl (C=O) groups is 2. The maximum atomic E-state index is 12.4. The molecule has 0 fully saturated rings. The Bertz CT molecular complexity index is 1140. The Morgan fingerprint density at radius 2 is 1.81 bits per heavy atom. The molecule has 162 valence electrons. The van der Waals surface area contributed by atoms with Crippen LogP contribution in [0.25, 0.3) is 6.08 Å². The van der Waals surface area contributed by atoms with Gasteiger partial charge in [-0.1, -0.05) is 68.4 Å². The number of nitrogens with zero attached hydrogens (tertiary/aromatic N) is 1. The smallest absolute Gasteiger partial charge is 0.265 e. The van der Waals surface area contributed by atoms with Crippen molar-refractivity contribution in [2.45, 2.75) is 26.3 Å². The van der Waals surface area contributed by atoms with Gasteiger partial charge in [0.25, 0.3) is 5.91 Å². The van der Waals surface area contributed by atoms with Gasteiger partial charge in [0.05, 0.1) is 12.2 Å². The minimum Gasteiger partial charge on any atom is -0.481 e. The van der Waals surface area contributed by atoms with Crippen LogP contribution in [0.4, 0.5) is 11.4 Å². The van der Waals surface area contributed by atoms with E-state index >= 15 is 0 Å². The third kappa shape index (κ3) is 5.06. The zero-order chi connectivity index (χ0) is 22.5. The highest BCUT2D eigenvalue weighted by molar-refractivity contribution is 6.03. The van der Waals surface area contributed by atoms with Crippen LogP contribution in [0.1, 0.15) is 36.5 Å². The standard InChI is InChI=1S/C27H26N2O3/c1-19(2)22-11-8-20(9-12-22)10-15-26(30)28-23-13-14-24-25(16-23)32-18-27(31)29(24)17-21-6-4-3-5-7-21/h3-16,19H,17-18H2,1-2H3,(H,28,30)/b15-10+. The lowest BCUT2D eigenvalue weighted by atomic mass is 10.0. The van der Waals surface area contributed by atoms with Gasteiger partial charge in [-0.15, -0.1) is 0 Å². The van der Waals surface area contributed by atoms with Gasteiger partial charge in [0.15, 0.2) is 6.61 Å². The number of nitrogens with one attached hydrogen (secondary N) is 1. The van der Waals surface area contributed by atoms with E-state index < -0.39 is 0 Å². The van der Waals surface area contributed by atoms with Crippen LogP contribution < -0.4 is 15.0 Å². The lowest BCUT2D eigenvalue weighted by Crippen LogP contribution is -2.38. The van der Waals surface area contributed by atoms with Crippen molar-refractivity contribution in [3.05, 3.63) is 95.6 Å². The molecule has 0 aliphatic carbocycles. The minimum atomic E-state index is -0.231. The van der Waals surface area contributed by atoms with Crippen molar-refractivity contribution >= 4 is 29.3 Å². The quantitative estimate of drug-likeness (QED) is 0.538. The summed E-state index contributed by atoms with van der Waals surface area (Å²) in [4.78, 5) is 26.5. The van der Waals surface area contributed by atoms with Gasteiger partial charge in [-0.25, -0.2) is 0 Å². The molecule has 0 saturated heterocycles. The SMILES string of the molecule is CC(C)c1ccc(/C=C/C(=O)Nc2ccc3c(c2)OCC(=O)N3Cc2ccccc2)cc1. The molecule has 1 heterocycles. The van der Waals surface area contributed by atoms with Crippen molar-refractivity contribution in [3.63, 3.8) is 0 Å². The second-order valence-electron chi connectivity index (χ2n) is 8.08. The lowest BCUT2D eigenvalue weighted by Gasteiger charge is -2.29. The average molecular weight is 427 g/mol. The van der Waals surface area contributed by atoms with Gasteiger partial charge in [-0.2, -0.15) is 0 Å². The van der Waals surface area contributed by atoms with Crippen molar-refractivity contribution in [3.8, 4) is 5.75 Å². The van der Waals surface area contributed by atoms with E-state index in [0.717, 1.165) is 11.1 Å². The van der Waals surface area contributed by atoms with Crippen molar-refractivity contribution in [2.75, 3.05) is 16.8 Å². The van der Waals surface area contributed by atoms with Crippen LogP contribution >= 0.6 is 0 Å². The fourth-order valence-corrected chi connectivity index (χ4v) is 3.57. The monoisotopic (exact) mass is 426 g/mol. The Kier molecular flexibility index (Phi) is 6.36. The molecule has 5 heteroatoms. The molecular weight excluding hydrogens is 400 g/mol. The maximum Gasteiger partial charge on any atom is 0.265 e. The van der Waals surface area contributed by atoms with Crippen molar-refractivity contribution < 1.29 is 14.3 Å². The summed E-state index contributed by atoms with van der Waals surface area (Å²) in [6, 6.07) is 23.3. The van der Waals surface area contributed by atoms with Gasteiger partial charge < -0.3 is 15.0 Å². The summed E-state index contributed by atoms with van der Waals surface area (Å²) in [6.07, 6.45) is 3.30.